The monoisotopic (exact) mass is 344 g/mol. The Bertz CT molecular complexity index is 710. The first-order valence-electron chi connectivity index (χ1n) is 8.69. The van der Waals surface area contributed by atoms with E-state index in [4.69, 9.17) is 0 Å². The zero-order valence-corrected chi connectivity index (χ0v) is 14.6. The predicted molar refractivity (Wildman–Crippen MR) is 93.7 cm³/mol. The second-order valence-corrected chi connectivity index (χ2v) is 6.92. The summed E-state index contributed by atoms with van der Waals surface area (Å²) < 4.78 is 0. The molecule has 1 saturated heterocycles. The lowest BCUT2D eigenvalue weighted by molar-refractivity contribution is -0.139. The number of benzene rings is 1. The third-order valence-electron chi connectivity index (χ3n) is 4.93. The molecule has 3 rings (SSSR count). The van der Waals surface area contributed by atoms with E-state index in [1.165, 1.54) is 0 Å². The molecule has 1 saturated carbocycles. The Morgan fingerprint density at radius 2 is 1.92 bits per heavy atom. The molecule has 0 radical (unpaired) electrons. The summed E-state index contributed by atoms with van der Waals surface area (Å²) in [5, 5.41) is 6.63. The Morgan fingerprint density at radius 1 is 1.20 bits per heavy atom. The van der Waals surface area contributed by atoms with Crippen molar-refractivity contribution in [1.29, 1.82) is 0 Å². The van der Waals surface area contributed by atoms with Gasteiger partial charge in [-0.2, -0.15) is 5.01 Å². The predicted octanol–water partition coefficient (Wildman–Crippen LogP) is 2.00. The van der Waals surface area contributed by atoms with Crippen molar-refractivity contribution in [2.75, 3.05) is 11.9 Å². The first-order valence-corrected chi connectivity index (χ1v) is 8.69. The Hall–Kier alpha value is -2.57. The van der Waals surface area contributed by atoms with E-state index in [9.17, 15) is 14.4 Å². The number of nitrogens with one attached hydrogen (secondary N) is 3. The number of hydrogen-bond donors (Lipinski definition) is 3. The van der Waals surface area contributed by atoms with Gasteiger partial charge in [0.05, 0.1) is 6.54 Å². The van der Waals surface area contributed by atoms with Crippen LogP contribution < -0.4 is 16.1 Å². The van der Waals surface area contributed by atoms with Crippen molar-refractivity contribution in [2.45, 2.75) is 51.5 Å². The lowest BCUT2D eigenvalue weighted by Gasteiger charge is -2.30. The minimum Gasteiger partial charge on any atom is -0.376 e. The van der Waals surface area contributed by atoms with Crippen molar-refractivity contribution in [2.24, 2.45) is 0 Å². The Kier molecular flexibility index (Phi) is 4.65. The summed E-state index contributed by atoms with van der Waals surface area (Å²) in [7, 11) is 0. The molecule has 1 aliphatic heterocycles. The summed E-state index contributed by atoms with van der Waals surface area (Å²) in [6.07, 6.45) is 4.14. The third kappa shape index (κ3) is 3.45. The van der Waals surface area contributed by atoms with Gasteiger partial charge in [0.2, 0.25) is 0 Å². The normalized spacial score (nSPS) is 19.0. The van der Waals surface area contributed by atoms with Gasteiger partial charge >= 0.3 is 6.03 Å². The molecule has 7 nitrogen and oxygen atoms in total. The minimum atomic E-state index is -0.830. The van der Waals surface area contributed by atoms with Crippen LogP contribution in [0.4, 0.5) is 10.5 Å². The van der Waals surface area contributed by atoms with E-state index >= 15 is 0 Å². The summed E-state index contributed by atoms with van der Waals surface area (Å²) in [4.78, 5) is 36.9. The highest BCUT2D eigenvalue weighted by atomic mass is 16.2. The van der Waals surface area contributed by atoms with E-state index in [-0.39, 0.29) is 12.5 Å². The topological polar surface area (TPSA) is 90.5 Å². The van der Waals surface area contributed by atoms with E-state index < -0.39 is 17.5 Å². The SMILES string of the molecule is Cc1ccc(NCC(=O)NN2C(=O)NC3(CCCCC3)C2=O)c(C)c1. The molecule has 0 aromatic heterocycles. The summed E-state index contributed by atoms with van der Waals surface area (Å²) in [5.74, 6) is -0.784. The molecule has 1 aromatic rings. The molecule has 1 aliphatic carbocycles. The average Bonchev–Trinajstić information content (AvgIpc) is 2.79. The van der Waals surface area contributed by atoms with Crippen LogP contribution in [0.3, 0.4) is 0 Å². The molecule has 0 unspecified atom stereocenters. The van der Waals surface area contributed by atoms with Crippen LogP contribution in [0.15, 0.2) is 18.2 Å². The second-order valence-electron chi connectivity index (χ2n) is 6.92. The fourth-order valence-corrected chi connectivity index (χ4v) is 3.57. The van der Waals surface area contributed by atoms with Crippen LogP contribution in [-0.4, -0.2) is 34.9 Å². The highest BCUT2D eigenvalue weighted by molar-refractivity contribution is 6.08. The highest BCUT2D eigenvalue weighted by Gasteiger charge is 2.52. The fraction of sp³-hybridized carbons (Fsp3) is 0.500. The van der Waals surface area contributed by atoms with Crippen molar-refractivity contribution >= 4 is 23.5 Å². The standard InChI is InChI=1S/C18H24N4O3/c1-12-6-7-14(13(2)10-12)19-11-15(23)21-22-16(24)18(20-17(22)25)8-4-3-5-9-18/h6-7,10,19H,3-5,8-9,11H2,1-2H3,(H,20,25)(H,21,23). The van der Waals surface area contributed by atoms with E-state index in [1.807, 2.05) is 32.0 Å². The van der Waals surface area contributed by atoms with E-state index in [0.717, 1.165) is 41.1 Å². The number of anilines is 1. The quantitative estimate of drug-likeness (QED) is 0.729. The maximum atomic E-state index is 12.6. The van der Waals surface area contributed by atoms with Gasteiger partial charge in [-0.15, -0.1) is 0 Å². The molecule has 2 aliphatic rings. The van der Waals surface area contributed by atoms with Crippen LogP contribution in [0, 0.1) is 13.8 Å². The number of nitrogens with zero attached hydrogens (tertiary/aromatic N) is 1. The van der Waals surface area contributed by atoms with Crippen molar-refractivity contribution in [3.8, 4) is 0 Å². The minimum absolute atomic E-state index is 0.0199. The van der Waals surface area contributed by atoms with Crippen molar-refractivity contribution in [1.82, 2.24) is 15.8 Å². The molecule has 25 heavy (non-hydrogen) atoms. The number of carbonyl (C=O) groups is 3. The molecule has 134 valence electrons. The first-order chi connectivity index (χ1) is 11.9. The number of hydrogen-bond acceptors (Lipinski definition) is 4. The third-order valence-corrected chi connectivity index (χ3v) is 4.93. The fourth-order valence-electron chi connectivity index (χ4n) is 3.57. The maximum Gasteiger partial charge on any atom is 0.344 e. The van der Waals surface area contributed by atoms with Crippen LogP contribution in [0.2, 0.25) is 0 Å². The summed E-state index contributed by atoms with van der Waals surface area (Å²) in [6.45, 7) is 3.94. The Labute approximate surface area is 147 Å². The van der Waals surface area contributed by atoms with Gasteiger partial charge in [-0.3, -0.25) is 15.0 Å². The van der Waals surface area contributed by atoms with Crippen LogP contribution in [-0.2, 0) is 9.59 Å². The van der Waals surface area contributed by atoms with Crippen LogP contribution in [0.5, 0.6) is 0 Å². The van der Waals surface area contributed by atoms with E-state index in [2.05, 4.69) is 16.1 Å². The average molecular weight is 344 g/mol. The van der Waals surface area contributed by atoms with Crippen molar-refractivity contribution in [3.63, 3.8) is 0 Å². The summed E-state index contributed by atoms with van der Waals surface area (Å²) >= 11 is 0. The Morgan fingerprint density at radius 3 is 2.60 bits per heavy atom. The first kappa shape index (κ1) is 17.3. The maximum absolute atomic E-state index is 12.6. The number of rotatable bonds is 4. The van der Waals surface area contributed by atoms with Crippen LogP contribution in [0.25, 0.3) is 0 Å². The number of imide groups is 1. The molecule has 1 heterocycles. The van der Waals surface area contributed by atoms with Gasteiger partial charge in [0.25, 0.3) is 11.8 Å². The lowest BCUT2D eigenvalue weighted by Crippen LogP contribution is -2.51. The van der Waals surface area contributed by atoms with Gasteiger partial charge in [-0.1, -0.05) is 37.0 Å². The molecule has 3 N–H and O–H groups in total. The molecule has 1 spiro atoms. The van der Waals surface area contributed by atoms with Crippen molar-refractivity contribution in [3.05, 3.63) is 29.3 Å². The molecule has 0 bridgehead atoms. The number of hydrazine groups is 1. The largest absolute Gasteiger partial charge is 0.376 e. The zero-order chi connectivity index (χ0) is 18.0. The number of aryl methyl sites for hydroxylation is 2. The van der Waals surface area contributed by atoms with E-state index in [1.54, 1.807) is 0 Å². The Balaban J connectivity index is 1.59. The van der Waals surface area contributed by atoms with Gasteiger partial charge in [0.15, 0.2) is 0 Å². The van der Waals surface area contributed by atoms with Gasteiger partial charge in [-0.25, -0.2) is 4.79 Å². The van der Waals surface area contributed by atoms with Crippen LogP contribution in [0.1, 0.15) is 43.2 Å². The number of carbonyl (C=O) groups excluding carboxylic acids is 3. The van der Waals surface area contributed by atoms with E-state index in [0.29, 0.717) is 12.8 Å². The van der Waals surface area contributed by atoms with Crippen molar-refractivity contribution < 1.29 is 14.4 Å². The summed E-state index contributed by atoms with van der Waals surface area (Å²) in [6, 6.07) is 5.33. The van der Waals surface area contributed by atoms with Gasteiger partial charge in [0.1, 0.15) is 5.54 Å². The van der Waals surface area contributed by atoms with Crippen LogP contribution >= 0.6 is 0 Å². The van der Waals surface area contributed by atoms with Gasteiger partial charge in [-0.05, 0) is 38.3 Å². The lowest BCUT2D eigenvalue weighted by atomic mass is 9.82. The number of urea groups is 1. The molecule has 7 heteroatoms. The second kappa shape index (κ2) is 6.74. The molecular formula is C18H24N4O3. The highest BCUT2D eigenvalue weighted by Crippen LogP contribution is 2.32. The van der Waals surface area contributed by atoms with Gasteiger partial charge < -0.3 is 10.6 Å². The smallest absolute Gasteiger partial charge is 0.344 e. The molecule has 2 fully saturated rings. The molecule has 1 aromatic carbocycles. The molecule has 4 amide bonds. The molecule has 0 atom stereocenters. The number of amides is 4. The van der Waals surface area contributed by atoms with Gasteiger partial charge in [0, 0.05) is 5.69 Å². The summed E-state index contributed by atoms with van der Waals surface area (Å²) in [5.41, 5.74) is 4.62. The molecular weight excluding hydrogens is 320 g/mol. The zero-order valence-electron chi connectivity index (χ0n) is 14.6.